The van der Waals surface area contributed by atoms with Gasteiger partial charge in [-0.2, -0.15) is 0 Å². The molecule has 0 fully saturated rings. The van der Waals surface area contributed by atoms with E-state index in [0.717, 1.165) is 24.0 Å². The average molecular weight is 432 g/mol. The zero-order valence-electron chi connectivity index (χ0n) is 14.9. The van der Waals surface area contributed by atoms with E-state index >= 15 is 0 Å². The lowest BCUT2D eigenvalue weighted by Crippen LogP contribution is -2.00. The van der Waals surface area contributed by atoms with Crippen LogP contribution < -0.4 is 0 Å². The molecule has 126 valence electrons. The molecule has 2 heteroatoms. The molecule has 1 nitrogen and oxygen atoms in total. The van der Waals surface area contributed by atoms with Crippen molar-refractivity contribution in [2.45, 2.75) is 46.5 Å². The molecule has 0 bridgehead atoms. The lowest BCUT2D eigenvalue weighted by atomic mass is 9.91. The predicted octanol–water partition coefficient (Wildman–Crippen LogP) is 6.33. The second-order valence-corrected chi connectivity index (χ2v) is 7.68. The van der Waals surface area contributed by atoms with Gasteiger partial charge in [-0.15, -0.1) is 0 Å². The standard InChI is InChI=1S/C22H25IO/c1-5-19(17(4)24)14-21-10-9-20(12-16(21)3)15(2)11-18-7-6-8-22(23)13-18/h6-10,12-15H,5,11H2,1-4H3/b19-14-. The Hall–Kier alpha value is -1.42. The molecule has 0 heterocycles. The molecule has 0 aromatic heterocycles. The van der Waals surface area contributed by atoms with E-state index in [-0.39, 0.29) is 5.78 Å². The molecule has 2 aromatic carbocycles. The molecular weight excluding hydrogens is 407 g/mol. The lowest BCUT2D eigenvalue weighted by Gasteiger charge is -2.14. The van der Waals surface area contributed by atoms with Crippen molar-refractivity contribution in [2.75, 3.05) is 0 Å². The maximum atomic E-state index is 11.6. The van der Waals surface area contributed by atoms with Crippen molar-refractivity contribution in [3.63, 3.8) is 0 Å². The largest absolute Gasteiger partial charge is 0.295 e. The van der Waals surface area contributed by atoms with Gasteiger partial charge < -0.3 is 0 Å². The van der Waals surface area contributed by atoms with Crippen LogP contribution in [-0.4, -0.2) is 5.78 Å². The van der Waals surface area contributed by atoms with E-state index in [2.05, 4.69) is 78.9 Å². The molecule has 2 aromatic rings. The van der Waals surface area contributed by atoms with Crippen LogP contribution >= 0.6 is 22.6 Å². The summed E-state index contributed by atoms with van der Waals surface area (Å²) in [6.07, 6.45) is 3.85. The van der Waals surface area contributed by atoms with Crippen molar-refractivity contribution in [3.8, 4) is 0 Å². The molecule has 2 rings (SSSR count). The van der Waals surface area contributed by atoms with Gasteiger partial charge in [0.25, 0.3) is 0 Å². The summed E-state index contributed by atoms with van der Waals surface area (Å²) in [4.78, 5) is 11.6. The summed E-state index contributed by atoms with van der Waals surface area (Å²) in [6.45, 7) is 8.07. The van der Waals surface area contributed by atoms with Gasteiger partial charge in [0.1, 0.15) is 0 Å². The first kappa shape index (κ1) is 18.9. The van der Waals surface area contributed by atoms with Crippen molar-refractivity contribution in [3.05, 3.63) is 73.9 Å². The molecule has 0 aliphatic rings. The molecule has 0 radical (unpaired) electrons. The molecule has 0 aliphatic heterocycles. The average Bonchev–Trinajstić information content (AvgIpc) is 2.53. The van der Waals surface area contributed by atoms with E-state index in [1.165, 1.54) is 20.3 Å². The maximum Gasteiger partial charge on any atom is 0.155 e. The minimum Gasteiger partial charge on any atom is -0.295 e. The van der Waals surface area contributed by atoms with Crippen LogP contribution in [0.3, 0.4) is 0 Å². The fraction of sp³-hybridized carbons (Fsp3) is 0.318. The minimum atomic E-state index is 0.160. The van der Waals surface area contributed by atoms with Crippen LogP contribution in [0.25, 0.3) is 6.08 Å². The Kier molecular flexibility index (Phi) is 6.79. The highest BCUT2D eigenvalue weighted by Gasteiger charge is 2.09. The van der Waals surface area contributed by atoms with Crippen molar-refractivity contribution in [1.29, 1.82) is 0 Å². The van der Waals surface area contributed by atoms with E-state index in [0.29, 0.717) is 5.92 Å². The number of carbonyl (C=O) groups excluding carboxylic acids is 1. The van der Waals surface area contributed by atoms with Gasteiger partial charge in [0, 0.05) is 3.57 Å². The number of carbonyl (C=O) groups is 1. The van der Waals surface area contributed by atoms with Gasteiger partial charge in [0.15, 0.2) is 5.78 Å². The second kappa shape index (κ2) is 8.61. The first-order chi connectivity index (χ1) is 11.4. The SMILES string of the molecule is CC/C(=C/c1ccc(C(C)Cc2cccc(I)c2)cc1C)C(C)=O. The number of ketones is 1. The smallest absolute Gasteiger partial charge is 0.155 e. The van der Waals surface area contributed by atoms with E-state index in [1.54, 1.807) is 6.92 Å². The third kappa shape index (κ3) is 5.04. The van der Waals surface area contributed by atoms with E-state index in [4.69, 9.17) is 0 Å². The first-order valence-electron chi connectivity index (χ1n) is 8.47. The van der Waals surface area contributed by atoms with Crippen molar-refractivity contribution < 1.29 is 4.79 Å². The Labute approximate surface area is 159 Å². The number of benzene rings is 2. The molecule has 1 unspecified atom stereocenters. The van der Waals surface area contributed by atoms with Gasteiger partial charge in [0.2, 0.25) is 0 Å². The summed E-state index contributed by atoms with van der Waals surface area (Å²) in [5, 5.41) is 0. The molecule has 24 heavy (non-hydrogen) atoms. The highest BCUT2D eigenvalue weighted by molar-refractivity contribution is 14.1. The number of allylic oxidation sites excluding steroid dienone is 1. The third-order valence-corrected chi connectivity index (χ3v) is 5.13. The fourth-order valence-corrected chi connectivity index (χ4v) is 3.55. The van der Waals surface area contributed by atoms with Gasteiger partial charge in [-0.25, -0.2) is 0 Å². The Morgan fingerprint density at radius 2 is 1.96 bits per heavy atom. The Balaban J connectivity index is 2.21. The Morgan fingerprint density at radius 3 is 2.54 bits per heavy atom. The molecule has 1 atom stereocenters. The van der Waals surface area contributed by atoms with E-state index in [9.17, 15) is 4.79 Å². The third-order valence-electron chi connectivity index (χ3n) is 4.46. The van der Waals surface area contributed by atoms with Crippen LogP contribution in [0, 0.1) is 10.5 Å². The number of Topliss-reactive ketones (excluding diaryl/α,β-unsaturated/α-hetero) is 1. The van der Waals surface area contributed by atoms with Crippen LogP contribution in [0.4, 0.5) is 0 Å². The topological polar surface area (TPSA) is 17.1 Å². The van der Waals surface area contributed by atoms with Crippen LogP contribution in [0.5, 0.6) is 0 Å². The van der Waals surface area contributed by atoms with Crippen LogP contribution in [-0.2, 0) is 11.2 Å². The zero-order chi connectivity index (χ0) is 17.7. The summed E-state index contributed by atoms with van der Waals surface area (Å²) < 4.78 is 1.28. The molecule has 0 aliphatic carbocycles. The number of aryl methyl sites for hydroxylation is 1. The molecular formula is C22H25IO. The number of hydrogen-bond donors (Lipinski definition) is 0. The monoisotopic (exact) mass is 432 g/mol. The molecule has 0 N–H and O–H groups in total. The number of hydrogen-bond acceptors (Lipinski definition) is 1. The summed E-state index contributed by atoms with van der Waals surface area (Å²) in [5.41, 5.74) is 5.99. The zero-order valence-corrected chi connectivity index (χ0v) is 17.1. The summed E-state index contributed by atoms with van der Waals surface area (Å²) >= 11 is 2.36. The minimum absolute atomic E-state index is 0.160. The normalized spacial score (nSPS) is 13.0. The predicted molar refractivity (Wildman–Crippen MR) is 111 cm³/mol. The highest BCUT2D eigenvalue weighted by atomic mass is 127. The summed E-state index contributed by atoms with van der Waals surface area (Å²) in [6, 6.07) is 15.3. The molecule has 0 spiro atoms. The first-order valence-corrected chi connectivity index (χ1v) is 9.55. The van der Waals surface area contributed by atoms with Gasteiger partial charge >= 0.3 is 0 Å². The van der Waals surface area contributed by atoms with Gasteiger partial charge in [0.05, 0.1) is 0 Å². The molecule has 0 saturated carbocycles. The Morgan fingerprint density at radius 1 is 1.21 bits per heavy atom. The van der Waals surface area contributed by atoms with Gasteiger partial charge in [-0.05, 0) is 101 Å². The van der Waals surface area contributed by atoms with Crippen LogP contribution in [0.15, 0.2) is 48.0 Å². The lowest BCUT2D eigenvalue weighted by molar-refractivity contribution is -0.113. The molecule has 0 saturated heterocycles. The molecule has 0 amide bonds. The second-order valence-electron chi connectivity index (χ2n) is 6.43. The quantitative estimate of drug-likeness (QED) is 0.385. The number of halogens is 1. The van der Waals surface area contributed by atoms with Gasteiger partial charge in [-0.3, -0.25) is 4.79 Å². The van der Waals surface area contributed by atoms with Gasteiger partial charge in [-0.1, -0.05) is 44.2 Å². The van der Waals surface area contributed by atoms with E-state index in [1.807, 2.05) is 13.0 Å². The highest BCUT2D eigenvalue weighted by Crippen LogP contribution is 2.25. The Bertz CT molecular complexity index is 758. The summed E-state index contributed by atoms with van der Waals surface area (Å²) in [5.74, 6) is 0.631. The van der Waals surface area contributed by atoms with Crippen LogP contribution in [0.2, 0.25) is 0 Å². The van der Waals surface area contributed by atoms with Crippen molar-refractivity contribution >= 4 is 34.5 Å². The maximum absolute atomic E-state index is 11.6. The van der Waals surface area contributed by atoms with Crippen LogP contribution in [0.1, 0.15) is 55.4 Å². The van der Waals surface area contributed by atoms with E-state index < -0.39 is 0 Å². The van der Waals surface area contributed by atoms with Crippen molar-refractivity contribution in [1.82, 2.24) is 0 Å². The van der Waals surface area contributed by atoms with Crippen molar-refractivity contribution in [2.24, 2.45) is 0 Å². The summed E-state index contributed by atoms with van der Waals surface area (Å²) in [7, 11) is 0. The number of rotatable bonds is 6. The fourth-order valence-electron chi connectivity index (χ4n) is 2.94.